The first-order valence-electron chi connectivity index (χ1n) is 10.5. The third-order valence-electron chi connectivity index (χ3n) is 6.70. The van der Waals surface area contributed by atoms with Gasteiger partial charge in [0.1, 0.15) is 13.6 Å². The second-order valence-corrected chi connectivity index (χ2v) is 8.85. The van der Waals surface area contributed by atoms with Crippen LogP contribution in [0.5, 0.6) is 5.75 Å². The number of phenolic OH excluding ortho intramolecular Hbond substituents is 1. The van der Waals surface area contributed by atoms with E-state index in [4.69, 9.17) is 7.85 Å². The van der Waals surface area contributed by atoms with Crippen LogP contribution in [0.2, 0.25) is 0 Å². The molecule has 0 aromatic heterocycles. The van der Waals surface area contributed by atoms with Crippen molar-refractivity contribution in [2.75, 3.05) is 0 Å². The van der Waals surface area contributed by atoms with Gasteiger partial charge in [0.15, 0.2) is 0 Å². The van der Waals surface area contributed by atoms with Gasteiger partial charge in [0.25, 0.3) is 0 Å². The van der Waals surface area contributed by atoms with Gasteiger partial charge < -0.3 is 5.11 Å². The number of hydrogen-bond donors (Lipinski definition) is 1. The molecule has 2 radical (unpaired) electrons. The highest BCUT2D eigenvalue weighted by molar-refractivity contribution is 6.24. The lowest BCUT2D eigenvalue weighted by Crippen LogP contribution is -2.05. The molecule has 0 saturated heterocycles. The van der Waals surface area contributed by atoms with Crippen LogP contribution in [0.15, 0.2) is 62.7 Å². The van der Waals surface area contributed by atoms with E-state index in [-0.39, 0.29) is 0 Å². The predicted molar refractivity (Wildman–Crippen MR) is 134 cm³/mol. The summed E-state index contributed by atoms with van der Waals surface area (Å²) >= 11 is 0. The van der Waals surface area contributed by atoms with Crippen LogP contribution in [0, 0.1) is 13.8 Å². The summed E-state index contributed by atoms with van der Waals surface area (Å²) < 4.78 is 0. The van der Waals surface area contributed by atoms with Crippen LogP contribution in [0.3, 0.4) is 0 Å². The van der Waals surface area contributed by atoms with Crippen molar-refractivity contribution in [3.05, 3.63) is 85.0 Å². The number of aromatic hydroxyl groups is 1. The number of allylic oxidation sites excluding steroid dienone is 10. The Morgan fingerprint density at radius 1 is 0.867 bits per heavy atom. The lowest BCUT2D eigenvalue weighted by atomic mass is 9.78. The number of aryl methyl sites for hydroxylation is 1. The van der Waals surface area contributed by atoms with E-state index in [2.05, 4.69) is 60.3 Å². The molecule has 1 N–H and O–H groups in total. The zero-order chi connectivity index (χ0) is 23.1. The van der Waals surface area contributed by atoms with Gasteiger partial charge in [-0.05, 0) is 137 Å². The average molecular weight is 398 g/mol. The molecule has 0 unspecified atom stereocenters. The minimum atomic E-state index is 0.369. The number of benzene rings is 1. The molecule has 2 rings (SSSR count). The molecule has 2 heteroatoms. The maximum atomic E-state index is 10.6. The molecule has 0 fully saturated rings. The average Bonchev–Trinajstić information content (AvgIpc) is 2.70. The smallest absolute Gasteiger partial charge is 0.122 e. The summed E-state index contributed by atoms with van der Waals surface area (Å²) in [6, 6.07) is 2.10. The fourth-order valence-corrected chi connectivity index (χ4v) is 4.19. The molecule has 0 aliphatic heterocycles. The molecule has 1 aromatic carbocycles. The highest BCUT2D eigenvalue weighted by Crippen LogP contribution is 2.41. The molecule has 0 saturated carbocycles. The summed E-state index contributed by atoms with van der Waals surface area (Å²) in [6.07, 6.45) is 2.19. The Kier molecular flexibility index (Phi) is 6.92. The van der Waals surface area contributed by atoms with Crippen molar-refractivity contribution in [2.24, 2.45) is 0 Å². The van der Waals surface area contributed by atoms with Gasteiger partial charge in [0, 0.05) is 0 Å². The highest BCUT2D eigenvalue weighted by Gasteiger charge is 2.21. The first kappa shape index (κ1) is 23.8. The second-order valence-electron chi connectivity index (χ2n) is 8.85. The minimum absolute atomic E-state index is 0.369. The zero-order valence-electron chi connectivity index (χ0n) is 20.4. The van der Waals surface area contributed by atoms with Crippen LogP contribution in [-0.4, -0.2) is 13.0 Å². The highest BCUT2D eigenvalue weighted by atomic mass is 16.3. The Morgan fingerprint density at radius 2 is 1.43 bits per heavy atom. The minimum Gasteiger partial charge on any atom is -0.507 e. The third kappa shape index (κ3) is 4.06. The summed E-state index contributed by atoms with van der Waals surface area (Å²) in [5.74, 6) is 0.369. The zero-order valence-corrected chi connectivity index (χ0v) is 20.4. The standard InChI is InChI=1S/C28H35BO/c1-14(2)27(29)22(10)18(6)21(9)26-15(3)12-25-23(11)28(30)16(4)13-24(25)19(7)17(5)20(26)8/h12-13,30H,9H2,1-8,10-11H3/b15-12?,19-17+,20-17?,22-18-,24-19?,25-12?,26-15?,26-20?. The van der Waals surface area contributed by atoms with Gasteiger partial charge in [-0.2, -0.15) is 0 Å². The Morgan fingerprint density at radius 3 is 1.97 bits per heavy atom. The van der Waals surface area contributed by atoms with Crippen LogP contribution in [-0.2, 0) is 0 Å². The summed E-state index contributed by atoms with van der Waals surface area (Å²) in [6.45, 7) is 25.3. The number of hydrogen-bond acceptors (Lipinski definition) is 1. The first-order chi connectivity index (χ1) is 13.8. The molecule has 1 aliphatic rings. The van der Waals surface area contributed by atoms with Gasteiger partial charge in [-0.3, -0.25) is 0 Å². The monoisotopic (exact) mass is 398 g/mol. The second kappa shape index (κ2) is 8.72. The van der Waals surface area contributed by atoms with Crippen molar-refractivity contribution in [3.8, 4) is 5.75 Å². The topological polar surface area (TPSA) is 20.2 Å². The molecule has 0 bridgehead atoms. The summed E-state index contributed by atoms with van der Waals surface area (Å²) in [5, 5.41) is 10.6. The Hall–Kier alpha value is -2.48. The number of phenols is 1. The van der Waals surface area contributed by atoms with E-state index in [1.54, 1.807) is 0 Å². The Bertz CT molecular complexity index is 1090. The molecular weight excluding hydrogens is 363 g/mol. The molecule has 1 aliphatic carbocycles. The van der Waals surface area contributed by atoms with Crippen molar-refractivity contribution in [2.45, 2.75) is 69.2 Å². The summed E-state index contributed by atoms with van der Waals surface area (Å²) in [4.78, 5) is 0. The fraction of sp³-hybridized carbons (Fsp3) is 0.357. The van der Waals surface area contributed by atoms with Gasteiger partial charge >= 0.3 is 0 Å². The van der Waals surface area contributed by atoms with Crippen molar-refractivity contribution in [1.29, 1.82) is 0 Å². The lowest BCUT2D eigenvalue weighted by Gasteiger charge is -2.25. The van der Waals surface area contributed by atoms with E-state index in [0.717, 1.165) is 55.6 Å². The molecule has 0 amide bonds. The number of rotatable bonds is 3. The van der Waals surface area contributed by atoms with Crippen LogP contribution >= 0.6 is 0 Å². The van der Waals surface area contributed by atoms with E-state index >= 15 is 0 Å². The van der Waals surface area contributed by atoms with E-state index in [1.165, 1.54) is 22.3 Å². The lowest BCUT2D eigenvalue weighted by molar-refractivity contribution is 0.466. The first-order valence-corrected chi connectivity index (χ1v) is 10.5. The van der Waals surface area contributed by atoms with Crippen LogP contribution in [0.25, 0.3) is 11.6 Å². The van der Waals surface area contributed by atoms with Gasteiger partial charge in [-0.15, -0.1) is 0 Å². The van der Waals surface area contributed by atoms with E-state index in [0.29, 0.717) is 5.75 Å². The molecule has 1 nitrogen and oxygen atoms in total. The van der Waals surface area contributed by atoms with E-state index in [9.17, 15) is 5.11 Å². The van der Waals surface area contributed by atoms with Crippen molar-refractivity contribution in [3.63, 3.8) is 0 Å². The fourth-order valence-electron chi connectivity index (χ4n) is 4.19. The van der Waals surface area contributed by atoms with Crippen LogP contribution in [0.4, 0.5) is 0 Å². The van der Waals surface area contributed by atoms with E-state index < -0.39 is 0 Å². The Balaban J connectivity index is 2.86. The molecule has 0 spiro atoms. The van der Waals surface area contributed by atoms with Crippen LogP contribution < -0.4 is 0 Å². The van der Waals surface area contributed by atoms with Gasteiger partial charge in [0.2, 0.25) is 0 Å². The van der Waals surface area contributed by atoms with Gasteiger partial charge in [-0.25, -0.2) is 0 Å². The van der Waals surface area contributed by atoms with Gasteiger partial charge in [-0.1, -0.05) is 29.3 Å². The van der Waals surface area contributed by atoms with Crippen molar-refractivity contribution < 1.29 is 5.11 Å². The van der Waals surface area contributed by atoms with Crippen LogP contribution in [0.1, 0.15) is 77.6 Å². The van der Waals surface area contributed by atoms with Gasteiger partial charge in [0.05, 0.1) is 0 Å². The SMILES string of the molecule is [B]C(=C(C)C)/C(C)=C(/C)C(=C)C1=C(C)/C(C)=C(\C)c2cc(C)c(O)c(C)c2C=C1C. The Labute approximate surface area is 184 Å². The predicted octanol–water partition coefficient (Wildman–Crippen LogP) is 7.89. The third-order valence-corrected chi connectivity index (χ3v) is 6.70. The largest absolute Gasteiger partial charge is 0.507 e. The normalized spacial score (nSPS) is 17.6. The molecule has 0 atom stereocenters. The molecule has 30 heavy (non-hydrogen) atoms. The molecule has 0 heterocycles. The quantitative estimate of drug-likeness (QED) is 0.405. The summed E-state index contributed by atoms with van der Waals surface area (Å²) in [7, 11) is 6.33. The molecule has 156 valence electrons. The summed E-state index contributed by atoms with van der Waals surface area (Å²) in [5.41, 5.74) is 15.2. The van der Waals surface area contributed by atoms with Crippen molar-refractivity contribution in [1.82, 2.24) is 0 Å². The number of fused-ring (bicyclic) bond motifs is 1. The maximum Gasteiger partial charge on any atom is 0.122 e. The molecule has 1 aromatic rings. The van der Waals surface area contributed by atoms with Crippen molar-refractivity contribution >= 4 is 19.5 Å². The molecular formula is C28H35BO. The van der Waals surface area contributed by atoms with E-state index in [1.807, 2.05) is 27.7 Å². The maximum absolute atomic E-state index is 10.6.